The fourth-order valence-corrected chi connectivity index (χ4v) is 2.94. The van der Waals surface area contributed by atoms with Gasteiger partial charge in [-0.05, 0) is 60.2 Å². The van der Waals surface area contributed by atoms with Gasteiger partial charge in [0.2, 0.25) is 0 Å². The number of hydrogen-bond donors (Lipinski definition) is 1. The second-order valence-electron chi connectivity index (χ2n) is 5.48. The summed E-state index contributed by atoms with van der Waals surface area (Å²) >= 11 is 3.44. The van der Waals surface area contributed by atoms with Crippen molar-refractivity contribution in [1.82, 2.24) is 5.32 Å². The zero-order valence-corrected chi connectivity index (χ0v) is 13.0. The van der Waals surface area contributed by atoms with Crippen LogP contribution < -0.4 is 5.32 Å². The second kappa shape index (κ2) is 6.24. The van der Waals surface area contributed by atoms with Crippen molar-refractivity contribution in [2.45, 2.75) is 25.4 Å². The first-order chi connectivity index (χ1) is 10.1. The van der Waals surface area contributed by atoms with Crippen LogP contribution >= 0.6 is 15.9 Å². The Hall–Kier alpha value is -1.26. The quantitative estimate of drug-likeness (QED) is 0.801. The molecule has 0 radical (unpaired) electrons. The molecule has 1 nitrogen and oxygen atoms in total. The molecule has 0 saturated heterocycles. The molecule has 1 atom stereocenters. The highest BCUT2D eigenvalue weighted by atomic mass is 79.9. The Morgan fingerprint density at radius 3 is 2.38 bits per heavy atom. The Morgan fingerprint density at radius 2 is 1.71 bits per heavy atom. The Morgan fingerprint density at radius 1 is 1.05 bits per heavy atom. The van der Waals surface area contributed by atoms with Crippen molar-refractivity contribution >= 4 is 15.9 Å². The van der Waals surface area contributed by atoms with Gasteiger partial charge in [0.05, 0.1) is 0 Å². The molecule has 1 saturated carbocycles. The van der Waals surface area contributed by atoms with E-state index in [2.05, 4.69) is 21.2 Å². The summed E-state index contributed by atoms with van der Waals surface area (Å²) in [7, 11) is 0. The first-order valence-electron chi connectivity index (χ1n) is 7.06. The first kappa shape index (κ1) is 14.7. The van der Waals surface area contributed by atoms with Crippen molar-refractivity contribution in [2.24, 2.45) is 5.92 Å². The molecular formula is C17H16BrF2N. The van der Waals surface area contributed by atoms with Gasteiger partial charge in [-0.1, -0.05) is 28.1 Å². The maximum Gasteiger partial charge on any atom is 0.123 e. The molecule has 2 aromatic rings. The molecular weight excluding hydrogens is 336 g/mol. The molecule has 1 fully saturated rings. The van der Waals surface area contributed by atoms with Crippen molar-refractivity contribution in [3.63, 3.8) is 0 Å². The fourth-order valence-electron chi connectivity index (χ4n) is 2.56. The lowest BCUT2D eigenvalue weighted by Crippen LogP contribution is -2.23. The van der Waals surface area contributed by atoms with E-state index in [1.54, 1.807) is 6.07 Å². The molecule has 1 N–H and O–H groups in total. The van der Waals surface area contributed by atoms with E-state index >= 15 is 0 Å². The van der Waals surface area contributed by atoms with E-state index in [1.165, 1.54) is 37.1 Å². The van der Waals surface area contributed by atoms with Gasteiger partial charge < -0.3 is 5.32 Å². The van der Waals surface area contributed by atoms with Gasteiger partial charge in [0, 0.05) is 17.1 Å². The lowest BCUT2D eigenvalue weighted by atomic mass is 10.0. The molecule has 2 aromatic carbocycles. The van der Waals surface area contributed by atoms with Crippen molar-refractivity contribution in [2.75, 3.05) is 0 Å². The maximum atomic E-state index is 13.3. The molecule has 0 amide bonds. The summed E-state index contributed by atoms with van der Waals surface area (Å²) in [5, 5.41) is 3.48. The van der Waals surface area contributed by atoms with E-state index in [0.29, 0.717) is 12.5 Å². The first-order valence-corrected chi connectivity index (χ1v) is 7.85. The van der Waals surface area contributed by atoms with Crippen molar-refractivity contribution < 1.29 is 8.78 Å². The highest BCUT2D eigenvalue weighted by Gasteiger charge is 2.32. The van der Waals surface area contributed by atoms with Gasteiger partial charge in [-0.3, -0.25) is 0 Å². The molecule has 1 unspecified atom stereocenters. The molecule has 3 rings (SSSR count). The van der Waals surface area contributed by atoms with E-state index in [-0.39, 0.29) is 17.7 Å². The van der Waals surface area contributed by atoms with E-state index < -0.39 is 0 Å². The third kappa shape index (κ3) is 3.69. The average molecular weight is 352 g/mol. The van der Waals surface area contributed by atoms with Gasteiger partial charge in [-0.25, -0.2) is 8.78 Å². The van der Waals surface area contributed by atoms with Crippen LogP contribution in [0.5, 0.6) is 0 Å². The van der Waals surface area contributed by atoms with E-state index in [1.807, 2.05) is 12.1 Å². The zero-order chi connectivity index (χ0) is 14.8. The standard InChI is InChI=1S/C17H16BrF2N/c18-16-8-7-15(20)9-13(16)10-21-17(11-1-2-11)12-3-5-14(19)6-4-12/h3-9,11,17,21H,1-2,10H2. The zero-order valence-electron chi connectivity index (χ0n) is 11.5. The summed E-state index contributed by atoms with van der Waals surface area (Å²) in [5.74, 6) is 0.128. The highest BCUT2D eigenvalue weighted by Crippen LogP contribution is 2.41. The summed E-state index contributed by atoms with van der Waals surface area (Å²) in [6, 6.07) is 11.5. The monoisotopic (exact) mass is 351 g/mol. The molecule has 1 aliphatic rings. The van der Waals surface area contributed by atoms with Crippen LogP contribution in [0.3, 0.4) is 0 Å². The highest BCUT2D eigenvalue weighted by molar-refractivity contribution is 9.10. The Kier molecular flexibility index (Phi) is 4.36. The molecule has 110 valence electrons. The summed E-state index contributed by atoms with van der Waals surface area (Å²) in [6.07, 6.45) is 2.36. The third-order valence-corrected chi connectivity index (χ3v) is 4.62. The largest absolute Gasteiger partial charge is 0.306 e. The van der Waals surface area contributed by atoms with E-state index in [9.17, 15) is 8.78 Å². The Bertz CT molecular complexity index is 623. The molecule has 0 aliphatic heterocycles. The van der Waals surface area contributed by atoms with E-state index in [4.69, 9.17) is 0 Å². The van der Waals surface area contributed by atoms with Gasteiger partial charge in [0.25, 0.3) is 0 Å². The van der Waals surface area contributed by atoms with Crippen LogP contribution in [0, 0.1) is 17.6 Å². The summed E-state index contributed by atoms with van der Waals surface area (Å²) in [4.78, 5) is 0. The summed E-state index contributed by atoms with van der Waals surface area (Å²) < 4.78 is 27.3. The van der Waals surface area contributed by atoms with E-state index in [0.717, 1.165) is 15.6 Å². The number of halogens is 3. The molecule has 0 bridgehead atoms. The normalized spacial score (nSPS) is 16.0. The lowest BCUT2D eigenvalue weighted by molar-refractivity contribution is 0.477. The average Bonchev–Trinajstić information content (AvgIpc) is 3.29. The lowest BCUT2D eigenvalue weighted by Gasteiger charge is -2.19. The maximum absolute atomic E-state index is 13.3. The predicted molar refractivity (Wildman–Crippen MR) is 82.8 cm³/mol. The van der Waals surface area contributed by atoms with Gasteiger partial charge >= 0.3 is 0 Å². The van der Waals surface area contributed by atoms with Gasteiger partial charge in [0.1, 0.15) is 11.6 Å². The molecule has 0 spiro atoms. The number of rotatable bonds is 5. The number of hydrogen-bond acceptors (Lipinski definition) is 1. The second-order valence-corrected chi connectivity index (χ2v) is 6.34. The summed E-state index contributed by atoms with van der Waals surface area (Å²) in [5.41, 5.74) is 1.98. The Balaban J connectivity index is 1.74. The van der Waals surface area contributed by atoms with Crippen LogP contribution in [0.25, 0.3) is 0 Å². The molecule has 4 heteroatoms. The molecule has 21 heavy (non-hydrogen) atoms. The SMILES string of the molecule is Fc1ccc(C(NCc2cc(F)ccc2Br)C2CC2)cc1. The van der Waals surface area contributed by atoms with Gasteiger partial charge in [-0.15, -0.1) is 0 Å². The molecule has 1 aliphatic carbocycles. The third-order valence-electron chi connectivity index (χ3n) is 3.84. The van der Waals surface area contributed by atoms with Crippen molar-refractivity contribution in [3.05, 3.63) is 69.7 Å². The van der Waals surface area contributed by atoms with Gasteiger partial charge in [0.15, 0.2) is 0 Å². The molecule has 0 heterocycles. The number of benzene rings is 2. The predicted octanol–water partition coefficient (Wildman–Crippen LogP) is 4.97. The van der Waals surface area contributed by atoms with Crippen LogP contribution in [0.1, 0.15) is 30.0 Å². The molecule has 0 aromatic heterocycles. The van der Waals surface area contributed by atoms with Crippen LogP contribution in [0.15, 0.2) is 46.9 Å². The fraction of sp³-hybridized carbons (Fsp3) is 0.294. The summed E-state index contributed by atoms with van der Waals surface area (Å²) in [6.45, 7) is 0.580. The van der Waals surface area contributed by atoms with Crippen molar-refractivity contribution in [3.8, 4) is 0 Å². The van der Waals surface area contributed by atoms with Crippen molar-refractivity contribution in [1.29, 1.82) is 0 Å². The minimum atomic E-state index is -0.236. The minimum Gasteiger partial charge on any atom is -0.306 e. The van der Waals surface area contributed by atoms with Crippen LogP contribution in [0.2, 0.25) is 0 Å². The van der Waals surface area contributed by atoms with Crippen LogP contribution in [-0.2, 0) is 6.54 Å². The minimum absolute atomic E-state index is 0.195. The Labute approximate surface area is 131 Å². The van der Waals surface area contributed by atoms with Crippen LogP contribution in [0.4, 0.5) is 8.78 Å². The topological polar surface area (TPSA) is 12.0 Å². The smallest absolute Gasteiger partial charge is 0.123 e. The van der Waals surface area contributed by atoms with Crippen LogP contribution in [-0.4, -0.2) is 0 Å². The van der Waals surface area contributed by atoms with Gasteiger partial charge in [-0.2, -0.15) is 0 Å². The number of nitrogens with one attached hydrogen (secondary N) is 1.